The SMILES string of the molecule is CCN(CC)c1ccc(CN2CCCC2c2cc(C(C)C)no2)cc1. The Morgan fingerprint density at radius 1 is 1.20 bits per heavy atom. The molecular weight excluding hydrogens is 310 g/mol. The summed E-state index contributed by atoms with van der Waals surface area (Å²) in [5, 5.41) is 4.24. The number of rotatable bonds is 7. The third-order valence-corrected chi connectivity index (χ3v) is 5.28. The Hall–Kier alpha value is -1.81. The van der Waals surface area contributed by atoms with Crippen LogP contribution in [0.3, 0.4) is 0 Å². The van der Waals surface area contributed by atoms with Crippen molar-refractivity contribution in [2.45, 2.75) is 59.0 Å². The van der Waals surface area contributed by atoms with Crippen LogP contribution in [0, 0.1) is 0 Å². The lowest BCUT2D eigenvalue weighted by molar-refractivity contribution is 0.206. The first kappa shape index (κ1) is 18.0. The van der Waals surface area contributed by atoms with E-state index in [4.69, 9.17) is 4.52 Å². The van der Waals surface area contributed by atoms with Gasteiger partial charge in [0.15, 0.2) is 5.76 Å². The molecule has 1 fully saturated rings. The van der Waals surface area contributed by atoms with Crippen molar-refractivity contribution >= 4 is 5.69 Å². The van der Waals surface area contributed by atoms with Gasteiger partial charge in [-0.05, 0) is 56.8 Å². The predicted molar refractivity (Wildman–Crippen MR) is 103 cm³/mol. The van der Waals surface area contributed by atoms with E-state index in [0.29, 0.717) is 12.0 Å². The lowest BCUT2D eigenvalue weighted by atomic mass is 10.1. The second-order valence-corrected chi connectivity index (χ2v) is 7.28. The molecule has 1 aliphatic rings. The summed E-state index contributed by atoms with van der Waals surface area (Å²) in [5.41, 5.74) is 3.74. The van der Waals surface area contributed by atoms with Crippen LogP contribution < -0.4 is 4.90 Å². The van der Waals surface area contributed by atoms with Gasteiger partial charge in [-0.25, -0.2) is 0 Å². The van der Waals surface area contributed by atoms with E-state index in [9.17, 15) is 0 Å². The van der Waals surface area contributed by atoms with Gasteiger partial charge in [-0.2, -0.15) is 0 Å². The van der Waals surface area contributed by atoms with Crippen molar-refractivity contribution in [1.82, 2.24) is 10.1 Å². The number of anilines is 1. The van der Waals surface area contributed by atoms with Crippen molar-refractivity contribution in [2.75, 3.05) is 24.5 Å². The zero-order valence-electron chi connectivity index (χ0n) is 16.0. The maximum absolute atomic E-state index is 5.66. The summed E-state index contributed by atoms with van der Waals surface area (Å²) in [4.78, 5) is 4.90. The predicted octanol–water partition coefficient (Wildman–Crippen LogP) is 4.98. The second kappa shape index (κ2) is 8.05. The standard InChI is InChI=1S/C21H31N3O/c1-5-23(6-2)18-11-9-17(10-12-18)15-24-13-7-8-20(24)21-14-19(16(3)4)22-25-21/h9-12,14,16,20H,5-8,13,15H2,1-4H3. The Bertz CT molecular complexity index is 658. The van der Waals surface area contributed by atoms with Crippen LogP contribution in [0.4, 0.5) is 5.69 Å². The Balaban J connectivity index is 1.68. The van der Waals surface area contributed by atoms with E-state index in [2.05, 4.69) is 73.0 Å². The molecule has 3 rings (SSSR count). The average molecular weight is 341 g/mol. The Labute approximate surface area is 151 Å². The smallest absolute Gasteiger partial charge is 0.154 e. The van der Waals surface area contributed by atoms with Gasteiger partial charge in [0.1, 0.15) is 0 Å². The van der Waals surface area contributed by atoms with E-state index in [1.807, 2.05) is 0 Å². The average Bonchev–Trinajstić information content (AvgIpc) is 3.26. The molecule has 4 heteroatoms. The minimum Gasteiger partial charge on any atom is -0.372 e. The van der Waals surface area contributed by atoms with Crippen LogP contribution in [-0.4, -0.2) is 29.7 Å². The van der Waals surface area contributed by atoms with Gasteiger partial charge in [-0.15, -0.1) is 0 Å². The number of hydrogen-bond acceptors (Lipinski definition) is 4. The molecule has 0 saturated carbocycles. The van der Waals surface area contributed by atoms with E-state index >= 15 is 0 Å². The fraction of sp³-hybridized carbons (Fsp3) is 0.571. The van der Waals surface area contributed by atoms with Gasteiger partial charge in [0.05, 0.1) is 11.7 Å². The molecule has 1 aromatic carbocycles. The molecule has 1 unspecified atom stereocenters. The molecule has 4 nitrogen and oxygen atoms in total. The summed E-state index contributed by atoms with van der Waals surface area (Å²) in [6.07, 6.45) is 2.38. The van der Waals surface area contributed by atoms with Gasteiger partial charge < -0.3 is 9.42 Å². The van der Waals surface area contributed by atoms with Crippen molar-refractivity contribution in [3.05, 3.63) is 47.3 Å². The van der Waals surface area contributed by atoms with Crippen LogP contribution in [0.5, 0.6) is 0 Å². The Morgan fingerprint density at radius 3 is 2.52 bits per heavy atom. The normalized spacial score (nSPS) is 18.2. The van der Waals surface area contributed by atoms with Crippen LogP contribution in [0.25, 0.3) is 0 Å². The van der Waals surface area contributed by atoms with E-state index < -0.39 is 0 Å². The first-order valence-corrected chi connectivity index (χ1v) is 9.66. The van der Waals surface area contributed by atoms with Gasteiger partial charge in [-0.1, -0.05) is 31.1 Å². The number of likely N-dealkylation sites (tertiary alicyclic amines) is 1. The third kappa shape index (κ3) is 4.06. The molecule has 0 N–H and O–H groups in total. The molecule has 136 valence electrons. The number of aromatic nitrogens is 1. The van der Waals surface area contributed by atoms with Crippen molar-refractivity contribution in [2.24, 2.45) is 0 Å². The fourth-order valence-corrected chi connectivity index (χ4v) is 3.71. The second-order valence-electron chi connectivity index (χ2n) is 7.28. The highest BCUT2D eigenvalue weighted by Crippen LogP contribution is 2.34. The zero-order valence-corrected chi connectivity index (χ0v) is 16.0. The third-order valence-electron chi connectivity index (χ3n) is 5.28. The van der Waals surface area contributed by atoms with E-state index in [-0.39, 0.29) is 0 Å². The van der Waals surface area contributed by atoms with Crippen molar-refractivity contribution in [3.63, 3.8) is 0 Å². The van der Waals surface area contributed by atoms with Crippen molar-refractivity contribution in [3.8, 4) is 0 Å². The number of nitrogens with zero attached hydrogens (tertiary/aromatic N) is 3. The molecule has 1 atom stereocenters. The molecule has 0 radical (unpaired) electrons. The lowest BCUT2D eigenvalue weighted by Crippen LogP contribution is -2.23. The molecule has 25 heavy (non-hydrogen) atoms. The summed E-state index contributed by atoms with van der Waals surface area (Å²) < 4.78 is 5.66. The number of benzene rings is 1. The monoisotopic (exact) mass is 341 g/mol. The van der Waals surface area contributed by atoms with Crippen LogP contribution in [0.1, 0.15) is 69.5 Å². The van der Waals surface area contributed by atoms with Crippen LogP contribution in [0.2, 0.25) is 0 Å². The first-order valence-electron chi connectivity index (χ1n) is 9.66. The Morgan fingerprint density at radius 2 is 1.92 bits per heavy atom. The highest BCUT2D eigenvalue weighted by Gasteiger charge is 2.29. The molecule has 0 aliphatic carbocycles. The minimum absolute atomic E-state index is 0.363. The molecule has 1 aliphatic heterocycles. The summed E-state index contributed by atoms with van der Waals surface area (Å²) in [6.45, 7) is 12.9. The molecule has 1 aromatic heterocycles. The van der Waals surface area contributed by atoms with Gasteiger partial charge in [-0.3, -0.25) is 4.90 Å². The van der Waals surface area contributed by atoms with E-state index in [1.165, 1.54) is 17.7 Å². The molecule has 2 aromatic rings. The molecule has 0 spiro atoms. The lowest BCUT2D eigenvalue weighted by Gasteiger charge is -2.24. The first-order chi connectivity index (χ1) is 12.1. The Kier molecular flexibility index (Phi) is 5.79. The number of hydrogen-bond donors (Lipinski definition) is 0. The van der Waals surface area contributed by atoms with Crippen LogP contribution in [-0.2, 0) is 6.54 Å². The maximum Gasteiger partial charge on any atom is 0.154 e. The van der Waals surface area contributed by atoms with Gasteiger partial charge in [0, 0.05) is 31.4 Å². The van der Waals surface area contributed by atoms with Crippen molar-refractivity contribution in [1.29, 1.82) is 0 Å². The fourth-order valence-electron chi connectivity index (χ4n) is 3.71. The zero-order chi connectivity index (χ0) is 17.8. The minimum atomic E-state index is 0.363. The van der Waals surface area contributed by atoms with Crippen LogP contribution in [0.15, 0.2) is 34.9 Å². The van der Waals surface area contributed by atoms with Gasteiger partial charge >= 0.3 is 0 Å². The van der Waals surface area contributed by atoms with E-state index in [0.717, 1.165) is 44.1 Å². The summed E-state index contributed by atoms with van der Waals surface area (Å²) in [7, 11) is 0. The van der Waals surface area contributed by atoms with Crippen LogP contribution >= 0.6 is 0 Å². The summed E-state index contributed by atoms with van der Waals surface area (Å²) in [5.74, 6) is 1.45. The largest absolute Gasteiger partial charge is 0.372 e. The highest BCUT2D eigenvalue weighted by atomic mass is 16.5. The molecule has 2 heterocycles. The molecule has 0 amide bonds. The highest BCUT2D eigenvalue weighted by molar-refractivity contribution is 5.47. The molecule has 0 bridgehead atoms. The van der Waals surface area contributed by atoms with E-state index in [1.54, 1.807) is 0 Å². The van der Waals surface area contributed by atoms with Crippen molar-refractivity contribution < 1.29 is 4.52 Å². The van der Waals surface area contributed by atoms with Gasteiger partial charge in [0.2, 0.25) is 0 Å². The topological polar surface area (TPSA) is 32.5 Å². The summed E-state index contributed by atoms with van der Waals surface area (Å²) in [6, 6.07) is 11.5. The molecule has 1 saturated heterocycles. The summed E-state index contributed by atoms with van der Waals surface area (Å²) >= 11 is 0. The van der Waals surface area contributed by atoms with Gasteiger partial charge in [0.25, 0.3) is 0 Å². The quantitative estimate of drug-likeness (QED) is 0.711. The maximum atomic E-state index is 5.66. The molecular formula is C21H31N3O.